The maximum atomic E-state index is 6.25. The van der Waals surface area contributed by atoms with Gasteiger partial charge >= 0.3 is 0 Å². The zero-order valence-electron chi connectivity index (χ0n) is 9.91. The molecule has 2 N–H and O–H groups in total. The minimum Gasteiger partial charge on any atom is -0.397 e. The van der Waals surface area contributed by atoms with Crippen molar-refractivity contribution in [2.24, 2.45) is 5.92 Å². The Bertz CT molecular complexity index is 358. The molecule has 0 saturated carbocycles. The molecule has 0 aromatic heterocycles. The summed E-state index contributed by atoms with van der Waals surface area (Å²) in [6.07, 6.45) is 2.51. The molecule has 2 nitrogen and oxygen atoms in total. The molecule has 1 aliphatic heterocycles. The highest BCUT2D eigenvalue weighted by molar-refractivity contribution is 6.34. The largest absolute Gasteiger partial charge is 0.397 e. The Morgan fingerprint density at radius 2 is 2.06 bits per heavy atom. The van der Waals surface area contributed by atoms with Gasteiger partial charge in [-0.1, -0.05) is 24.6 Å². The van der Waals surface area contributed by atoms with E-state index >= 15 is 0 Å². The van der Waals surface area contributed by atoms with Gasteiger partial charge in [-0.2, -0.15) is 0 Å². The van der Waals surface area contributed by atoms with Crippen LogP contribution >= 0.6 is 11.6 Å². The molecule has 2 unspecified atom stereocenters. The molecule has 1 saturated heterocycles. The number of nitrogens with two attached hydrogens (primary N) is 1. The molecule has 0 aliphatic carbocycles. The fraction of sp³-hybridized carbons (Fsp3) is 0.538. The summed E-state index contributed by atoms with van der Waals surface area (Å²) >= 11 is 6.25. The van der Waals surface area contributed by atoms with E-state index in [-0.39, 0.29) is 0 Å². The second-order valence-electron chi connectivity index (χ2n) is 4.86. The quantitative estimate of drug-likeness (QED) is 0.759. The van der Waals surface area contributed by atoms with Crippen LogP contribution in [0.3, 0.4) is 0 Å². The maximum absolute atomic E-state index is 6.25. The van der Waals surface area contributed by atoms with Gasteiger partial charge in [-0.05, 0) is 37.8 Å². The van der Waals surface area contributed by atoms with E-state index in [0.29, 0.717) is 12.0 Å². The maximum Gasteiger partial charge on any atom is 0.0791 e. The number of anilines is 2. The Hall–Kier alpha value is -0.890. The Kier molecular flexibility index (Phi) is 3.29. The molecule has 88 valence electrons. The molecule has 0 radical (unpaired) electrons. The summed E-state index contributed by atoms with van der Waals surface area (Å²) in [4.78, 5) is 2.35. The molecular formula is C13H19ClN2. The number of halogens is 1. The van der Waals surface area contributed by atoms with Crippen molar-refractivity contribution >= 4 is 23.0 Å². The van der Waals surface area contributed by atoms with Gasteiger partial charge in [0, 0.05) is 12.6 Å². The minimum atomic E-state index is 0.526. The predicted molar refractivity (Wildman–Crippen MR) is 71.1 cm³/mol. The van der Waals surface area contributed by atoms with E-state index < -0.39 is 0 Å². The van der Waals surface area contributed by atoms with Crippen LogP contribution < -0.4 is 10.6 Å². The lowest BCUT2D eigenvalue weighted by molar-refractivity contribution is 0.391. The molecule has 1 aliphatic rings. The summed E-state index contributed by atoms with van der Waals surface area (Å²) < 4.78 is 0. The van der Waals surface area contributed by atoms with Gasteiger partial charge in [-0.3, -0.25) is 0 Å². The van der Waals surface area contributed by atoms with Gasteiger partial charge in [0.15, 0.2) is 0 Å². The Morgan fingerprint density at radius 3 is 2.75 bits per heavy atom. The van der Waals surface area contributed by atoms with E-state index in [1.165, 1.54) is 12.8 Å². The molecule has 1 fully saturated rings. The second-order valence-corrected chi connectivity index (χ2v) is 5.27. The Balaban J connectivity index is 2.35. The van der Waals surface area contributed by atoms with Crippen LogP contribution in [0.1, 0.15) is 26.7 Å². The molecule has 1 heterocycles. The monoisotopic (exact) mass is 238 g/mol. The number of para-hydroxylation sites is 1. The van der Waals surface area contributed by atoms with Gasteiger partial charge in [0.1, 0.15) is 0 Å². The van der Waals surface area contributed by atoms with E-state index in [0.717, 1.165) is 22.9 Å². The SMILES string of the molecule is CC1CCC(C)N(c2c(N)cccc2Cl)C1. The van der Waals surface area contributed by atoms with Crippen LogP contribution in [0.15, 0.2) is 18.2 Å². The second kappa shape index (κ2) is 4.54. The molecule has 0 bridgehead atoms. The highest BCUT2D eigenvalue weighted by atomic mass is 35.5. The number of hydrogen-bond donors (Lipinski definition) is 1. The average molecular weight is 239 g/mol. The zero-order valence-corrected chi connectivity index (χ0v) is 10.7. The van der Waals surface area contributed by atoms with Crippen molar-refractivity contribution < 1.29 is 0 Å². The smallest absolute Gasteiger partial charge is 0.0791 e. The average Bonchev–Trinajstić information content (AvgIpc) is 2.23. The summed E-state index contributed by atoms with van der Waals surface area (Å²) in [6, 6.07) is 6.27. The molecule has 0 spiro atoms. The van der Waals surface area contributed by atoms with E-state index in [2.05, 4.69) is 18.7 Å². The lowest BCUT2D eigenvalue weighted by Gasteiger charge is -2.39. The van der Waals surface area contributed by atoms with Crippen molar-refractivity contribution in [3.05, 3.63) is 23.2 Å². The first kappa shape index (κ1) is 11.6. The van der Waals surface area contributed by atoms with Crippen LogP contribution in [0.5, 0.6) is 0 Å². The number of benzene rings is 1. The first-order chi connectivity index (χ1) is 7.59. The highest BCUT2D eigenvalue weighted by Crippen LogP contribution is 2.36. The van der Waals surface area contributed by atoms with Gasteiger partial charge in [-0.15, -0.1) is 0 Å². The number of nitrogens with zero attached hydrogens (tertiary/aromatic N) is 1. The van der Waals surface area contributed by atoms with Crippen molar-refractivity contribution in [2.45, 2.75) is 32.7 Å². The van der Waals surface area contributed by atoms with E-state index in [1.54, 1.807) is 0 Å². The van der Waals surface area contributed by atoms with Crippen molar-refractivity contribution in [2.75, 3.05) is 17.2 Å². The summed E-state index contributed by atoms with van der Waals surface area (Å²) in [6.45, 7) is 5.58. The van der Waals surface area contributed by atoms with Crippen LogP contribution in [-0.2, 0) is 0 Å². The zero-order chi connectivity index (χ0) is 11.7. The summed E-state index contributed by atoms with van der Waals surface area (Å²) in [5, 5.41) is 0.765. The fourth-order valence-electron chi connectivity index (χ4n) is 2.44. The van der Waals surface area contributed by atoms with Gasteiger partial charge in [-0.25, -0.2) is 0 Å². The molecular weight excluding hydrogens is 220 g/mol. The number of rotatable bonds is 1. The summed E-state index contributed by atoms with van der Waals surface area (Å²) in [5.74, 6) is 0.715. The molecule has 3 heteroatoms. The molecule has 2 atom stereocenters. The van der Waals surface area contributed by atoms with Crippen LogP contribution in [0.4, 0.5) is 11.4 Å². The Labute approximate surface area is 102 Å². The fourth-order valence-corrected chi connectivity index (χ4v) is 2.73. The van der Waals surface area contributed by atoms with Crippen LogP contribution in [0, 0.1) is 5.92 Å². The van der Waals surface area contributed by atoms with Gasteiger partial charge in [0.25, 0.3) is 0 Å². The first-order valence-electron chi connectivity index (χ1n) is 5.90. The third kappa shape index (κ3) is 2.12. The van der Waals surface area contributed by atoms with E-state index in [9.17, 15) is 0 Å². The highest BCUT2D eigenvalue weighted by Gasteiger charge is 2.25. The van der Waals surface area contributed by atoms with Crippen molar-refractivity contribution in [3.63, 3.8) is 0 Å². The summed E-state index contributed by atoms with van der Waals surface area (Å²) in [5.41, 5.74) is 7.84. The number of hydrogen-bond acceptors (Lipinski definition) is 2. The molecule has 1 aromatic rings. The third-order valence-electron chi connectivity index (χ3n) is 3.42. The van der Waals surface area contributed by atoms with Crippen molar-refractivity contribution in [1.82, 2.24) is 0 Å². The molecule has 1 aromatic carbocycles. The van der Waals surface area contributed by atoms with Crippen LogP contribution in [0.2, 0.25) is 5.02 Å². The lowest BCUT2D eigenvalue weighted by Crippen LogP contribution is -2.41. The predicted octanol–water partition coefficient (Wildman–Crippen LogP) is 3.55. The van der Waals surface area contributed by atoms with Crippen molar-refractivity contribution in [1.29, 1.82) is 0 Å². The lowest BCUT2D eigenvalue weighted by atomic mass is 9.94. The molecule has 0 amide bonds. The normalized spacial score (nSPS) is 25.8. The van der Waals surface area contributed by atoms with Crippen molar-refractivity contribution in [3.8, 4) is 0 Å². The summed E-state index contributed by atoms with van der Waals surface area (Å²) in [7, 11) is 0. The number of nitrogen functional groups attached to an aromatic ring is 1. The topological polar surface area (TPSA) is 29.3 Å². The van der Waals surface area contributed by atoms with Gasteiger partial charge in [0.2, 0.25) is 0 Å². The van der Waals surface area contributed by atoms with Crippen LogP contribution in [-0.4, -0.2) is 12.6 Å². The first-order valence-corrected chi connectivity index (χ1v) is 6.28. The number of piperidine rings is 1. The standard InChI is InChI=1S/C13H19ClN2/c1-9-6-7-10(2)16(8-9)13-11(14)4-3-5-12(13)15/h3-5,9-10H,6-8,15H2,1-2H3. The molecule has 16 heavy (non-hydrogen) atoms. The third-order valence-corrected chi connectivity index (χ3v) is 3.73. The molecule has 2 rings (SSSR count). The van der Waals surface area contributed by atoms with Crippen LogP contribution in [0.25, 0.3) is 0 Å². The Morgan fingerprint density at radius 1 is 1.31 bits per heavy atom. The van der Waals surface area contributed by atoms with E-state index in [1.807, 2.05) is 18.2 Å². The van der Waals surface area contributed by atoms with E-state index in [4.69, 9.17) is 17.3 Å². The minimum absolute atomic E-state index is 0.526. The van der Waals surface area contributed by atoms with Gasteiger partial charge < -0.3 is 10.6 Å². The van der Waals surface area contributed by atoms with Gasteiger partial charge in [0.05, 0.1) is 16.4 Å².